The number of hydrogen-bond donors (Lipinski definition) is 2. The van der Waals surface area contributed by atoms with Crippen molar-refractivity contribution < 1.29 is 8.42 Å². The molecule has 0 aliphatic heterocycles. The Morgan fingerprint density at radius 2 is 2.00 bits per heavy atom. The van der Waals surface area contributed by atoms with Crippen molar-refractivity contribution in [2.24, 2.45) is 0 Å². The molecule has 100 valence electrons. The zero-order valence-corrected chi connectivity index (χ0v) is 11.8. The Balaban J connectivity index is 2.92. The van der Waals surface area contributed by atoms with Crippen LogP contribution in [0.5, 0.6) is 0 Å². The van der Waals surface area contributed by atoms with Gasteiger partial charge in [0.2, 0.25) is 10.0 Å². The SMILES string of the molecule is C/C=C/CCNS(=O)(=O)c1cc(C)c(C)c(N)c1. The first-order valence-corrected chi connectivity index (χ1v) is 7.34. The molecule has 0 spiro atoms. The molecule has 1 aromatic carbocycles. The van der Waals surface area contributed by atoms with Crippen LogP contribution in [0, 0.1) is 13.8 Å². The second-order valence-corrected chi connectivity index (χ2v) is 5.98. The first kappa shape index (κ1) is 14.7. The van der Waals surface area contributed by atoms with E-state index in [-0.39, 0.29) is 4.90 Å². The molecule has 0 heterocycles. The summed E-state index contributed by atoms with van der Waals surface area (Å²) >= 11 is 0. The first-order valence-electron chi connectivity index (χ1n) is 5.86. The number of benzene rings is 1. The molecule has 18 heavy (non-hydrogen) atoms. The molecule has 3 N–H and O–H groups in total. The topological polar surface area (TPSA) is 72.2 Å². The van der Waals surface area contributed by atoms with Crippen molar-refractivity contribution in [1.29, 1.82) is 0 Å². The van der Waals surface area contributed by atoms with Gasteiger partial charge in [-0.1, -0.05) is 12.2 Å². The molecule has 1 rings (SSSR count). The van der Waals surface area contributed by atoms with Crippen molar-refractivity contribution in [1.82, 2.24) is 4.72 Å². The molecule has 1 aromatic rings. The van der Waals surface area contributed by atoms with E-state index in [1.165, 1.54) is 6.07 Å². The number of aryl methyl sites for hydroxylation is 1. The summed E-state index contributed by atoms with van der Waals surface area (Å²) in [6.45, 7) is 6.02. The van der Waals surface area contributed by atoms with E-state index < -0.39 is 10.0 Å². The zero-order chi connectivity index (χ0) is 13.8. The number of nitrogens with two attached hydrogens (primary N) is 1. The minimum Gasteiger partial charge on any atom is -0.398 e. The van der Waals surface area contributed by atoms with E-state index in [1.807, 2.05) is 32.9 Å². The molecule has 5 heteroatoms. The molecule has 0 fully saturated rings. The van der Waals surface area contributed by atoms with E-state index in [0.29, 0.717) is 18.7 Å². The number of nitrogen functional groups attached to an aromatic ring is 1. The predicted molar refractivity (Wildman–Crippen MR) is 74.9 cm³/mol. The Kier molecular flexibility index (Phi) is 4.93. The van der Waals surface area contributed by atoms with Crippen LogP contribution < -0.4 is 10.5 Å². The quantitative estimate of drug-likeness (QED) is 0.488. The summed E-state index contributed by atoms with van der Waals surface area (Å²) in [7, 11) is -3.47. The molecular formula is C13H20N2O2S. The van der Waals surface area contributed by atoms with Crippen LogP contribution in [0.2, 0.25) is 0 Å². The normalized spacial score (nSPS) is 12.2. The van der Waals surface area contributed by atoms with E-state index in [1.54, 1.807) is 6.07 Å². The van der Waals surface area contributed by atoms with Crippen molar-refractivity contribution >= 4 is 15.7 Å². The van der Waals surface area contributed by atoms with Gasteiger partial charge in [0.1, 0.15) is 0 Å². The molecule has 0 radical (unpaired) electrons. The second kappa shape index (κ2) is 6.02. The molecule has 4 nitrogen and oxygen atoms in total. The maximum absolute atomic E-state index is 12.0. The molecule has 0 unspecified atom stereocenters. The Bertz CT molecular complexity index is 525. The van der Waals surface area contributed by atoms with Gasteiger partial charge < -0.3 is 5.73 Å². The standard InChI is InChI=1S/C13H20N2O2S/c1-4-5-6-7-15-18(16,17)12-8-10(2)11(3)13(14)9-12/h4-5,8-9,15H,6-7,14H2,1-3H3/b5-4+. The van der Waals surface area contributed by atoms with E-state index in [4.69, 9.17) is 5.73 Å². The molecule has 0 atom stereocenters. The minimum absolute atomic E-state index is 0.226. The van der Waals surface area contributed by atoms with Gasteiger partial charge in [-0.15, -0.1) is 0 Å². The highest BCUT2D eigenvalue weighted by atomic mass is 32.2. The molecule has 0 bridgehead atoms. The van der Waals surface area contributed by atoms with Gasteiger partial charge in [0.25, 0.3) is 0 Å². The van der Waals surface area contributed by atoms with Gasteiger partial charge >= 0.3 is 0 Å². The Morgan fingerprint density at radius 3 is 2.56 bits per heavy atom. The maximum Gasteiger partial charge on any atom is 0.240 e. The summed E-state index contributed by atoms with van der Waals surface area (Å²) in [6, 6.07) is 3.14. The van der Waals surface area contributed by atoms with E-state index in [2.05, 4.69) is 4.72 Å². The summed E-state index contributed by atoms with van der Waals surface area (Å²) in [6.07, 6.45) is 4.48. The lowest BCUT2D eigenvalue weighted by Gasteiger charge is -2.10. The van der Waals surface area contributed by atoms with Gasteiger partial charge in [-0.25, -0.2) is 13.1 Å². The summed E-state index contributed by atoms with van der Waals surface area (Å²) < 4.78 is 26.6. The number of anilines is 1. The molecule has 0 amide bonds. The molecule has 0 aliphatic carbocycles. The second-order valence-electron chi connectivity index (χ2n) is 4.21. The van der Waals surface area contributed by atoms with Gasteiger partial charge in [-0.2, -0.15) is 0 Å². The van der Waals surface area contributed by atoms with Crippen LogP contribution in [0.15, 0.2) is 29.2 Å². The summed E-state index contributed by atoms with van der Waals surface area (Å²) in [5.74, 6) is 0. The highest BCUT2D eigenvalue weighted by Gasteiger charge is 2.15. The summed E-state index contributed by atoms with van der Waals surface area (Å²) in [5.41, 5.74) is 8.09. The van der Waals surface area contributed by atoms with Gasteiger partial charge in [0.15, 0.2) is 0 Å². The summed E-state index contributed by atoms with van der Waals surface area (Å²) in [4.78, 5) is 0.226. The predicted octanol–water partition coefficient (Wildman–Crippen LogP) is 2.13. The van der Waals surface area contributed by atoms with Crippen LogP contribution in [0.1, 0.15) is 24.5 Å². The van der Waals surface area contributed by atoms with Gasteiger partial charge in [0, 0.05) is 12.2 Å². The largest absolute Gasteiger partial charge is 0.398 e. The third-order valence-corrected chi connectivity index (χ3v) is 4.27. The number of nitrogens with one attached hydrogen (secondary N) is 1. The van der Waals surface area contributed by atoms with Gasteiger partial charge in [-0.05, 0) is 50.5 Å². The van der Waals surface area contributed by atoms with Crippen LogP contribution in [0.4, 0.5) is 5.69 Å². The lowest BCUT2D eigenvalue weighted by molar-refractivity contribution is 0.582. The van der Waals surface area contributed by atoms with Crippen molar-refractivity contribution in [3.63, 3.8) is 0 Å². The fourth-order valence-corrected chi connectivity index (χ4v) is 2.70. The van der Waals surface area contributed by atoms with Crippen molar-refractivity contribution in [3.8, 4) is 0 Å². The lowest BCUT2D eigenvalue weighted by Crippen LogP contribution is -2.24. The summed E-state index contributed by atoms with van der Waals surface area (Å²) in [5, 5.41) is 0. The first-order chi connectivity index (χ1) is 8.38. The van der Waals surface area contributed by atoms with Crippen LogP contribution >= 0.6 is 0 Å². The van der Waals surface area contributed by atoms with Crippen LogP contribution in [0.3, 0.4) is 0 Å². The highest BCUT2D eigenvalue weighted by Crippen LogP contribution is 2.21. The third-order valence-electron chi connectivity index (χ3n) is 2.83. The number of hydrogen-bond acceptors (Lipinski definition) is 3. The van der Waals surface area contributed by atoms with Crippen molar-refractivity contribution in [2.45, 2.75) is 32.1 Å². The Hall–Kier alpha value is -1.33. The van der Waals surface area contributed by atoms with Crippen LogP contribution in [-0.4, -0.2) is 15.0 Å². The minimum atomic E-state index is -3.47. The monoisotopic (exact) mass is 268 g/mol. The molecular weight excluding hydrogens is 248 g/mol. The zero-order valence-electron chi connectivity index (χ0n) is 11.0. The molecule has 0 aliphatic rings. The van der Waals surface area contributed by atoms with E-state index in [9.17, 15) is 8.42 Å². The Labute approximate surface area is 109 Å². The average Bonchev–Trinajstić information content (AvgIpc) is 2.31. The number of rotatable bonds is 5. The number of sulfonamides is 1. The van der Waals surface area contributed by atoms with Crippen LogP contribution in [-0.2, 0) is 10.0 Å². The van der Waals surface area contributed by atoms with E-state index >= 15 is 0 Å². The van der Waals surface area contributed by atoms with Crippen molar-refractivity contribution in [3.05, 3.63) is 35.4 Å². The van der Waals surface area contributed by atoms with Crippen LogP contribution in [0.25, 0.3) is 0 Å². The fourth-order valence-electron chi connectivity index (χ4n) is 1.53. The smallest absolute Gasteiger partial charge is 0.240 e. The fraction of sp³-hybridized carbons (Fsp3) is 0.385. The number of allylic oxidation sites excluding steroid dienone is 1. The lowest BCUT2D eigenvalue weighted by atomic mass is 10.1. The maximum atomic E-state index is 12.0. The third kappa shape index (κ3) is 3.58. The van der Waals surface area contributed by atoms with Gasteiger partial charge in [0.05, 0.1) is 4.90 Å². The average molecular weight is 268 g/mol. The van der Waals surface area contributed by atoms with Gasteiger partial charge in [-0.3, -0.25) is 0 Å². The molecule has 0 saturated carbocycles. The van der Waals surface area contributed by atoms with E-state index in [0.717, 1.165) is 11.1 Å². The highest BCUT2D eigenvalue weighted by molar-refractivity contribution is 7.89. The molecule has 0 aromatic heterocycles. The Morgan fingerprint density at radius 1 is 1.33 bits per heavy atom. The molecule has 0 saturated heterocycles. The van der Waals surface area contributed by atoms with Crippen molar-refractivity contribution in [2.75, 3.05) is 12.3 Å².